The highest BCUT2D eigenvalue weighted by molar-refractivity contribution is 9.10. The summed E-state index contributed by atoms with van der Waals surface area (Å²) in [5.41, 5.74) is 3.41. The molecule has 0 spiro atoms. The predicted molar refractivity (Wildman–Crippen MR) is 182 cm³/mol. The van der Waals surface area contributed by atoms with Crippen LogP contribution in [0.3, 0.4) is 0 Å². The molecule has 242 valence electrons. The van der Waals surface area contributed by atoms with Crippen molar-refractivity contribution in [3.05, 3.63) is 89.4 Å². The number of esters is 2. The summed E-state index contributed by atoms with van der Waals surface area (Å²) in [4.78, 5) is 31.7. The van der Waals surface area contributed by atoms with Gasteiger partial charge in [0.05, 0.1) is 35.4 Å². The van der Waals surface area contributed by atoms with E-state index in [0.29, 0.717) is 35.2 Å². The molecule has 5 heterocycles. The highest BCUT2D eigenvalue weighted by Gasteiger charge is 2.51. The highest BCUT2D eigenvalue weighted by Crippen LogP contribution is 2.38. The molecule has 0 N–H and O–H groups in total. The number of carbonyl (C=O) groups excluding carboxylic acids is 2. The van der Waals surface area contributed by atoms with Crippen LogP contribution in [-0.4, -0.2) is 62.2 Å². The van der Waals surface area contributed by atoms with E-state index in [0.717, 1.165) is 22.1 Å². The molecule has 0 amide bonds. The van der Waals surface area contributed by atoms with Gasteiger partial charge in [-0.15, -0.1) is 6.58 Å². The van der Waals surface area contributed by atoms with Crippen LogP contribution in [0.5, 0.6) is 0 Å². The zero-order chi connectivity index (χ0) is 32.8. The molecule has 5 rings (SSSR count). The summed E-state index contributed by atoms with van der Waals surface area (Å²) in [6.45, 7) is 23.8. The number of hydrogen-bond donors (Lipinski definition) is 0. The fraction of sp³-hybridized carbons (Fsp3) is 0.394. The van der Waals surface area contributed by atoms with E-state index < -0.39 is 11.9 Å². The number of carbonyl (C=O) groups is 2. The molecule has 12 heteroatoms. The van der Waals surface area contributed by atoms with Crippen molar-refractivity contribution in [1.82, 2.24) is 18.8 Å². The summed E-state index contributed by atoms with van der Waals surface area (Å²) < 4.78 is 25.5. The Bertz CT molecular complexity index is 1660. The van der Waals surface area contributed by atoms with Gasteiger partial charge in [-0.05, 0) is 101 Å². The Kier molecular flexibility index (Phi) is 12.9. The number of halogens is 1. The molecular formula is C33H44BBrN4O6. The van der Waals surface area contributed by atoms with Gasteiger partial charge in [0.25, 0.3) is 0 Å². The average Bonchev–Trinajstić information content (AvgIpc) is 3.59. The van der Waals surface area contributed by atoms with Gasteiger partial charge in [-0.1, -0.05) is 31.6 Å². The third kappa shape index (κ3) is 8.50. The second-order valence-corrected chi connectivity index (χ2v) is 11.8. The molecule has 0 aliphatic carbocycles. The van der Waals surface area contributed by atoms with Gasteiger partial charge in [-0.25, -0.2) is 19.6 Å². The number of nitrogens with zero attached hydrogens (tertiary/aromatic N) is 4. The lowest BCUT2D eigenvalue weighted by atomic mass is 9.81. The van der Waals surface area contributed by atoms with Crippen LogP contribution in [-0.2, 0) is 18.8 Å². The summed E-state index contributed by atoms with van der Waals surface area (Å²) in [6.07, 6.45) is 3.68. The third-order valence-corrected chi connectivity index (χ3v) is 7.59. The number of ether oxygens (including phenoxy) is 2. The molecule has 10 nitrogen and oxygen atoms in total. The zero-order valence-corrected chi connectivity index (χ0v) is 28.2. The number of allylic oxidation sites excluding steroid dienone is 2. The Balaban J connectivity index is 0.000000236. The fourth-order valence-corrected chi connectivity index (χ4v) is 4.57. The lowest BCUT2D eigenvalue weighted by Crippen LogP contribution is -2.41. The summed E-state index contributed by atoms with van der Waals surface area (Å²) in [7, 11) is -0.241. The molecular weight excluding hydrogens is 639 g/mol. The first-order valence-electron chi connectivity index (χ1n) is 14.3. The van der Waals surface area contributed by atoms with Crippen LogP contribution in [0, 0.1) is 0 Å². The molecule has 0 atom stereocenters. The minimum absolute atomic E-state index is 0. The van der Waals surface area contributed by atoms with Crippen molar-refractivity contribution in [1.29, 1.82) is 0 Å². The van der Waals surface area contributed by atoms with Gasteiger partial charge in [0.15, 0.2) is 16.1 Å². The van der Waals surface area contributed by atoms with Crippen LogP contribution in [0.15, 0.2) is 72.2 Å². The van der Waals surface area contributed by atoms with Crippen LogP contribution in [0.4, 0.5) is 0 Å². The second-order valence-electron chi connectivity index (χ2n) is 11.1. The largest absolute Gasteiger partial charge is 0.489 e. The summed E-state index contributed by atoms with van der Waals surface area (Å²) in [6, 6.07) is 11.1. The first kappa shape index (κ1) is 37.5. The molecule has 45 heavy (non-hydrogen) atoms. The van der Waals surface area contributed by atoms with E-state index in [1.807, 2.05) is 94.7 Å². The van der Waals surface area contributed by atoms with Crippen LogP contribution < -0.4 is 0 Å². The van der Waals surface area contributed by atoms with Gasteiger partial charge < -0.3 is 18.8 Å². The smallest absolute Gasteiger partial charge is 0.461 e. The Labute approximate surface area is 274 Å². The Hall–Kier alpha value is -3.74. The highest BCUT2D eigenvalue weighted by atomic mass is 79.9. The van der Waals surface area contributed by atoms with Gasteiger partial charge >= 0.3 is 19.1 Å². The van der Waals surface area contributed by atoms with Crippen molar-refractivity contribution in [3.63, 3.8) is 0 Å². The van der Waals surface area contributed by atoms with Crippen molar-refractivity contribution in [2.75, 3.05) is 13.2 Å². The second kappa shape index (κ2) is 15.5. The number of rotatable bonds is 6. The number of hydrogen-bond acceptors (Lipinski definition) is 8. The third-order valence-electron chi connectivity index (χ3n) is 7.03. The molecule has 4 aromatic rings. The minimum Gasteiger partial charge on any atom is -0.461 e. The van der Waals surface area contributed by atoms with E-state index in [2.05, 4.69) is 39.1 Å². The number of imidazole rings is 2. The van der Waals surface area contributed by atoms with Crippen molar-refractivity contribution < 1.29 is 28.4 Å². The quantitative estimate of drug-likeness (QED) is 0.151. The van der Waals surface area contributed by atoms with E-state index >= 15 is 0 Å². The van der Waals surface area contributed by atoms with Gasteiger partial charge in [0, 0.05) is 12.4 Å². The van der Waals surface area contributed by atoms with E-state index in [9.17, 15) is 9.59 Å². The Morgan fingerprint density at radius 3 is 1.71 bits per heavy atom. The molecule has 1 aliphatic rings. The minimum atomic E-state index is -0.399. The topological polar surface area (TPSA) is 106 Å². The Morgan fingerprint density at radius 1 is 0.844 bits per heavy atom. The molecule has 0 unspecified atom stereocenters. The maximum atomic E-state index is 11.8. The molecule has 0 bridgehead atoms. The van der Waals surface area contributed by atoms with Crippen LogP contribution in [0.1, 0.15) is 89.6 Å². The van der Waals surface area contributed by atoms with E-state index in [1.54, 1.807) is 18.2 Å². The normalized spacial score (nSPS) is 14.4. The lowest BCUT2D eigenvalue weighted by molar-refractivity contribution is 0.00578. The number of aromatic nitrogens is 4. The molecule has 1 saturated heterocycles. The molecule has 4 aromatic heterocycles. The van der Waals surface area contributed by atoms with E-state index in [4.69, 9.17) is 18.8 Å². The van der Waals surface area contributed by atoms with E-state index in [-0.39, 0.29) is 25.7 Å². The maximum Gasteiger partial charge on any atom is 0.489 e. The van der Waals surface area contributed by atoms with Crippen molar-refractivity contribution in [3.8, 4) is 0 Å². The molecule has 1 fully saturated rings. The standard InChI is InChI=1S/C13H14N2O2.C10H9BrN2O2.C9H17BO2.CH4/c1-4-17-13(16)11-10-7-5-6-8-15(10)12(14-11)9(2)3;1-2-15-9(14)8-7-5-3-4-6-13(7)10(11)12-8;1-7(2)10-11-8(3,4)9(5,6)12-10;/h5-8H,2,4H2,1,3H3;3-6H,2H2,1H3;1H2,2-6H3;1H4. The van der Waals surface area contributed by atoms with Gasteiger partial charge in [0.2, 0.25) is 0 Å². The van der Waals surface area contributed by atoms with Crippen molar-refractivity contribution >= 4 is 51.6 Å². The predicted octanol–water partition coefficient (Wildman–Crippen LogP) is 7.65. The lowest BCUT2D eigenvalue weighted by Gasteiger charge is -2.32. The molecule has 1 aliphatic heterocycles. The molecule has 0 aromatic carbocycles. The maximum absolute atomic E-state index is 11.8. The monoisotopic (exact) mass is 682 g/mol. The first-order valence-corrected chi connectivity index (χ1v) is 15.0. The van der Waals surface area contributed by atoms with E-state index in [1.165, 1.54) is 0 Å². The van der Waals surface area contributed by atoms with Crippen molar-refractivity contribution in [2.24, 2.45) is 0 Å². The number of pyridine rings is 2. The number of fused-ring (bicyclic) bond motifs is 2. The average molecular weight is 683 g/mol. The van der Waals surface area contributed by atoms with Crippen LogP contribution in [0.2, 0.25) is 0 Å². The fourth-order valence-electron chi connectivity index (χ4n) is 4.08. The van der Waals surface area contributed by atoms with Crippen LogP contribution >= 0.6 is 15.9 Å². The van der Waals surface area contributed by atoms with Gasteiger partial charge in [0.1, 0.15) is 5.82 Å². The van der Waals surface area contributed by atoms with Crippen molar-refractivity contribution in [2.45, 2.75) is 74.0 Å². The summed E-state index contributed by atoms with van der Waals surface area (Å²) in [5.74, 6) is -0.112. The SMILES string of the molecule is C.C=C(C)B1OC(C)(C)C(C)(C)O1.C=C(C)c1nc(C(=O)OCC)c2ccccn12.CCOC(=O)c1nc(Br)n2ccccc12. The molecule has 0 radical (unpaired) electrons. The molecule has 0 saturated carbocycles. The van der Waals surface area contributed by atoms with Gasteiger partial charge in [-0.3, -0.25) is 8.80 Å². The van der Waals surface area contributed by atoms with Gasteiger partial charge in [-0.2, -0.15) is 0 Å². The summed E-state index contributed by atoms with van der Waals surface area (Å²) in [5, 5.41) is 0. The zero-order valence-electron chi connectivity index (χ0n) is 26.6. The summed E-state index contributed by atoms with van der Waals surface area (Å²) >= 11 is 3.28. The first-order chi connectivity index (χ1) is 20.6. The van der Waals surface area contributed by atoms with Crippen LogP contribution in [0.25, 0.3) is 16.6 Å². The Morgan fingerprint density at radius 2 is 1.29 bits per heavy atom.